The average molecular weight is 591 g/mol. The van der Waals surface area contributed by atoms with Gasteiger partial charge in [-0.15, -0.1) is 0 Å². The van der Waals surface area contributed by atoms with E-state index in [0.29, 0.717) is 42.2 Å². The molecule has 2 saturated heterocycles. The fourth-order valence-corrected chi connectivity index (χ4v) is 8.32. The summed E-state index contributed by atoms with van der Waals surface area (Å²) >= 11 is 0. The maximum atomic E-state index is 14.5. The Balaban J connectivity index is 1.12. The molecule has 5 aliphatic rings. The number of anilines is 2. The number of fused-ring (bicyclic) bond motifs is 2. The summed E-state index contributed by atoms with van der Waals surface area (Å²) in [6, 6.07) is 3.97. The molecule has 3 fully saturated rings. The third-order valence-corrected chi connectivity index (χ3v) is 10.6. The molecule has 43 heavy (non-hydrogen) atoms. The minimum atomic E-state index is -2.61. The second-order valence-corrected chi connectivity index (χ2v) is 13.7. The number of rotatable bonds is 6. The van der Waals surface area contributed by atoms with E-state index in [2.05, 4.69) is 24.9 Å². The van der Waals surface area contributed by atoms with Gasteiger partial charge in [0.25, 0.3) is 6.43 Å². The molecule has 1 aromatic carbocycles. The van der Waals surface area contributed by atoms with Crippen LogP contribution in [0.4, 0.5) is 20.3 Å². The molecule has 1 spiro atoms. The monoisotopic (exact) mass is 590 g/mol. The molecule has 4 aliphatic heterocycles. The quantitative estimate of drug-likeness (QED) is 0.467. The molecule has 3 aromatic rings. The lowest BCUT2D eigenvalue weighted by atomic mass is 9.60. The largest absolute Gasteiger partial charge is 0.338 e. The van der Waals surface area contributed by atoms with E-state index in [9.17, 15) is 13.6 Å². The van der Waals surface area contributed by atoms with Gasteiger partial charge in [-0.3, -0.25) is 14.2 Å². The summed E-state index contributed by atoms with van der Waals surface area (Å²) in [7, 11) is 1.80. The summed E-state index contributed by atoms with van der Waals surface area (Å²) in [6.45, 7) is 9.41. The van der Waals surface area contributed by atoms with E-state index in [4.69, 9.17) is 5.10 Å². The van der Waals surface area contributed by atoms with Crippen LogP contribution in [0.3, 0.4) is 0 Å². The van der Waals surface area contributed by atoms with Crippen LogP contribution in [0, 0.1) is 11.3 Å². The van der Waals surface area contributed by atoms with Crippen molar-refractivity contribution in [1.82, 2.24) is 34.7 Å². The van der Waals surface area contributed by atoms with Gasteiger partial charge in [-0.2, -0.15) is 10.2 Å². The number of hydrogen-bond donors (Lipinski definition) is 1. The third-order valence-electron chi connectivity index (χ3n) is 10.6. The Morgan fingerprint density at radius 2 is 1.98 bits per heavy atom. The summed E-state index contributed by atoms with van der Waals surface area (Å²) in [6.07, 6.45) is 5.61. The second-order valence-electron chi connectivity index (χ2n) is 13.7. The zero-order chi connectivity index (χ0) is 29.5. The van der Waals surface area contributed by atoms with Gasteiger partial charge in [-0.1, -0.05) is 0 Å². The lowest BCUT2D eigenvalue weighted by Gasteiger charge is -2.60. The van der Waals surface area contributed by atoms with Gasteiger partial charge in [-0.25, -0.2) is 8.78 Å². The van der Waals surface area contributed by atoms with Gasteiger partial charge in [0, 0.05) is 100 Å². The normalized spacial score (nSPS) is 21.9. The molecule has 8 rings (SSSR count). The summed E-state index contributed by atoms with van der Waals surface area (Å²) < 4.78 is 32.9. The molecule has 2 aromatic heterocycles. The number of alkyl halides is 2. The standard InChI is InChI=1S/C32H40F2N8O/c1-20(43)40-7-5-28-27(17-40)31(37-42(28)24-10-32(11-24)18-39(19-32)15-21-12-35-13-21)41-6-3-4-22-8-25(23-14-36-38(2)16-23)26(30(33)34)9-29(22)41/h8-9,14,16,21,24,30,35H,3-7,10-13,15,17-19H2,1-2H3. The Morgan fingerprint density at radius 1 is 1.16 bits per heavy atom. The van der Waals surface area contributed by atoms with E-state index < -0.39 is 6.43 Å². The Morgan fingerprint density at radius 3 is 2.65 bits per heavy atom. The van der Waals surface area contributed by atoms with Crippen LogP contribution in [0.5, 0.6) is 0 Å². The topological polar surface area (TPSA) is 74.5 Å². The van der Waals surface area contributed by atoms with Gasteiger partial charge in [0.05, 0.1) is 18.8 Å². The Kier molecular flexibility index (Phi) is 6.41. The fraction of sp³-hybridized carbons (Fsp3) is 0.594. The number of amides is 1. The van der Waals surface area contributed by atoms with Crippen LogP contribution < -0.4 is 10.2 Å². The number of aromatic nitrogens is 4. The predicted molar refractivity (Wildman–Crippen MR) is 159 cm³/mol. The maximum Gasteiger partial charge on any atom is 0.264 e. The van der Waals surface area contributed by atoms with Crippen molar-refractivity contribution in [3.05, 3.63) is 46.9 Å². The molecule has 1 amide bonds. The maximum absolute atomic E-state index is 14.5. The van der Waals surface area contributed by atoms with E-state index in [1.165, 1.54) is 25.3 Å². The van der Waals surface area contributed by atoms with Crippen LogP contribution >= 0.6 is 0 Å². The van der Waals surface area contributed by atoms with Gasteiger partial charge in [-0.05, 0) is 60.3 Å². The first kappa shape index (κ1) is 27.3. The van der Waals surface area contributed by atoms with Crippen LogP contribution in [0.2, 0.25) is 0 Å². The molecule has 0 radical (unpaired) electrons. The Bertz CT molecular complexity index is 1560. The number of halogens is 2. The fourth-order valence-electron chi connectivity index (χ4n) is 8.32. The molecule has 0 unspecified atom stereocenters. The van der Waals surface area contributed by atoms with Crippen LogP contribution in [-0.4, -0.2) is 81.1 Å². The second kappa shape index (κ2) is 10.1. The summed E-state index contributed by atoms with van der Waals surface area (Å²) in [5, 5.41) is 12.9. The third kappa shape index (κ3) is 4.58. The molecule has 11 heteroatoms. The van der Waals surface area contributed by atoms with Crippen molar-refractivity contribution in [2.45, 2.75) is 58.0 Å². The molecular formula is C32H40F2N8O. The molecule has 1 aliphatic carbocycles. The molecule has 1 saturated carbocycles. The highest BCUT2D eigenvalue weighted by Gasteiger charge is 2.54. The van der Waals surface area contributed by atoms with Crippen LogP contribution in [0.15, 0.2) is 24.5 Å². The Labute approximate surface area is 250 Å². The number of carbonyl (C=O) groups is 1. The molecule has 6 heterocycles. The van der Waals surface area contributed by atoms with Gasteiger partial charge in [0.1, 0.15) is 0 Å². The highest BCUT2D eigenvalue weighted by molar-refractivity contribution is 5.78. The number of nitrogens with zero attached hydrogens (tertiary/aromatic N) is 7. The number of benzene rings is 1. The summed E-state index contributed by atoms with van der Waals surface area (Å²) in [5.41, 5.74) is 5.84. The van der Waals surface area contributed by atoms with Gasteiger partial charge in [0.2, 0.25) is 5.91 Å². The minimum absolute atomic E-state index is 0.0190. The number of likely N-dealkylation sites (tertiary alicyclic amines) is 1. The van der Waals surface area contributed by atoms with Crippen molar-refractivity contribution in [2.24, 2.45) is 18.4 Å². The number of hydrogen-bond acceptors (Lipinski definition) is 6. The first-order valence-corrected chi connectivity index (χ1v) is 15.8. The lowest BCUT2D eigenvalue weighted by molar-refractivity contribution is -0.129. The van der Waals surface area contributed by atoms with Crippen molar-refractivity contribution < 1.29 is 13.6 Å². The van der Waals surface area contributed by atoms with Gasteiger partial charge in [0.15, 0.2) is 5.82 Å². The average Bonchev–Trinajstić information content (AvgIpc) is 3.52. The van der Waals surface area contributed by atoms with E-state index in [1.54, 1.807) is 37.1 Å². The Hall–Kier alpha value is -3.31. The van der Waals surface area contributed by atoms with Crippen molar-refractivity contribution in [2.75, 3.05) is 50.7 Å². The molecule has 9 nitrogen and oxygen atoms in total. The molecule has 0 atom stereocenters. The molecule has 1 N–H and O–H groups in total. The minimum Gasteiger partial charge on any atom is -0.338 e. The van der Waals surface area contributed by atoms with Crippen LogP contribution in [0.1, 0.15) is 61.0 Å². The predicted octanol–water partition coefficient (Wildman–Crippen LogP) is 4.07. The SMILES string of the molecule is CC(=O)N1CCc2c(c(N3CCCc4cc(-c5cnn(C)c5)c(C(F)F)cc43)nn2C2CC3(C2)CN(CC2CNC2)C3)C1. The van der Waals surface area contributed by atoms with E-state index >= 15 is 0 Å². The van der Waals surface area contributed by atoms with Gasteiger partial charge >= 0.3 is 0 Å². The van der Waals surface area contributed by atoms with Crippen molar-refractivity contribution in [3.8, 4) is 11.1 Å². The highest BCUT2D eigenvalue weighted by Crippen LogP contribution is 2.55. The number of aryl methyl sites for hydroxylation is 2. The molecule has 228 valence electrons. The molecule has 0 bridgehead atoms. The lowest BCUT2D eigenvalue weighted by Crippen LogP contribution is -2.64. The van der Waals surface area contributed by atoms with Crippen molar-refractivity contribution in [1.29, 1.82) is 0 Å². The molecular weight excluding hydrogens is 550 g/mol. The highest BCUT2D eigenvalue weighted by atomic mass is 19.3. The van der Waals surface area contributed by atoms with Crippen molar-refractivity contribution >= 4 is 17.4 Å². The first-order chi connectivity index (χ1) is 20.8. The zero-order valence-electron chi connectivity index (χ0n) is 25.0. The number of nitrogens with one attached hydrogen (secondary N) is 1. The number of carbonyl (C=O) groups excluding carboxylic acids is 1. The summed E-state index contributed by atoms with van der Waals surface area (Å²) in [4.78, 5) is 19.1. The van der Waals surface area contributed by atoms with Crippen LogP contribution in [0.25, 0.3) is 11.1 Å². The first-order valence-electron chi connectivity index (χ1n) is 15.8. The van der Waals surface area contributed by atoms with Crippen LogP contribution in [-0.2, 0) is 31.2 Å². The van der Waals surface area contributed by atoms with Gasteiger partial charge < -0.3 is 20.0 Å². The van der Waals surface area contributed by atoms with E-state index in [0.717, 1.165) is 73.7 Å². The zero-order valence-corrected chi connectivity index (χ0v) is 25.0. The van der Waals surface area contributed by atoms with E-state index in [-0.39, 0.29) is 11.5 Å². The summed E-state index contributed by atoms with van der Waals surface area (Å²) in [5.74, 6) is 1.70. The van der Waals surface area contributed by atoms with E-state index in [1.807, 2.05) is 11.0 Å². The smallest absolute Gasteiger partial charge is 0.264 e. The van der Waals surface area contributed by atoms with Crippen molar-refractivity contribution in [3.63, 3.8) is 0 Å².